The number of aromatic nitrogens is 4. The minimum atomic E-state index is -5.58. The molecule has 1 aliphatic rings. The second kappa shape index (κ2) is 24.4. The van der Waals surface area contributed by atoms with Crippen LogP contribution in [0.1, 0.15) is 94.6 Å². The van der Waals surface area contributed by atoms with Gasteiger partial charge in [0.05, 0.1) is 19.5 Å². The molecule has 66 heavy (non-hydrogen) atoms. The maximum Gasteiger partial charge on any atom is 0.481 e. The van der Waals surface area contributed by atoms with Crippen LogP contribution in [-0.2, 0) is 63.5 Å². The Labute approximate surface area is 384 Å². The number of phosphoric ester groups is 3. The van der Waals surface area contributed by atoms with Crippen LogP contribution < -0.4 is 16.4 Å². The van der Waals surface area contributed by atoms with Crippen molar-refractivity contribution >= 4 is 69.1 Å². The first-order valence-corrected chi connectivity index (χ1v) is 26.5. The zero-order chi connectivity index (χ0) is 49.0. The van der Waals surface area contributed by atoms with Gasteiger partial charge < -0.3 is 55.3 Å². The number of unbranched alkanes of at least 4 members (excludes halogenated alkanes) is 3. The highest BCUT2D eigenvalue weighted by Gasteiger charge is 2.50. The Morgan fingerprint density at radius 2 is 1.59 bits per heavy atom. The minimum Gasteiger partial charge on any atom is -0.466 e. The van der Waals surface area contributed by atoms with E-state index in [2.05, 4.69) is 55.2 Å². The normalized spacial score (nSPS) is 20.2. The summed E-state index contributed by atoms with van der Waals surface area (Å²) in [7, 11) is -16.4. The molecular formula is C37H60N7O18P3S. The van der Waals surface area contributed by atoms with Gasteiger partial charge in [-0.3, -0.25) is 32.5 Å². The number of furan rings is 1. The number of aliphatic hydroxyl groups is 2. The van der Waals surface area contributed by atoms with Crippen LogP contribution in [0.5, 0.6) is 0 Å². The molecule has 1 saturated heterocycles. The summed E-state index contributed by atoms with van der Waals surface area (Å²) in [6.45, 7) is 6.82. The number of hydrogen-bond donors (Lipinski definition) is 9. The first kappa shape index (κ1) is 55.4. The second-order valence-electron chi connectivity index (χ2n) is 16.2. The molecule has 10 N–H and O–H groups in total. The van der Waals surface area contributed by atoms with E-state index in [0.717, 1.165) is 79.0 Å². The predicted molar refractivity (Wildman–Crippen MR) is 236 cm³/mol. The number of amides is 2. The third-order valence-corrected chi connectivity index (χ3v) is 14.5. The van der Waals surface area contributed by atoms with Crippen LogP contribution in [0.15, 0.2) is 17.1 Å². The molecule has 3 aromatic rings. The van der Waals surface area contributed by atoms with Crippen LogP contribution in [0.4, 0.5) is 5.82 Å². The number of fused-ring (bicyclic) bond motifs is 1. The SMILES string of the molecule is CCCCCc1oc(CCCCC(=O)SCCNC(=O)CCNC(=O)C(O)C(C)(C)COP(=O)(O)OP(=O)(O)OCC2OC(n3cnc4c(N)ncnc43)C(O)C2OP(=O)(O)O)c(C)c1C. The van der Waals surface area contributed by atoms with E-state index in [1.165, 1.54) is 25.0 Å². The maximum absolute atomic E-state index is 12.7. The van der Waals surface area contributed by atoms with Crippen LogP contribution in [0.2, 0.25) is 0 Å². The Kier molecular flexibility index (Phi) is 20.5. The van der Waals surface area contributed by atoms with Gasteiger partial charge in [-0.25, -0.2) is 28.6 Å². The molecule has 3 aromatic heterocycles. The number of aliphatic hydroxyl groups excluding tert-OH is 2. The summed E-state index contributed by atoms with van der Waals surface area (Å²) in [5, 5.41) is 26.6. The van der Waals surface area contributed by atoms with Gasteiger partial charge in [0, 0.05) is 49.9 Å². The maximum atomic E-state index is 12.7. The average Bonchev–Trinajstić information content (AvgIpc) is 3.88. The van der Waals surface area contributed by atoms with Crippen LogP contribution in [0.25, 0.3) is 11.2 Å². The average molecular weight is 1020 g/mol. The zero-order valence-electron chi connectivity index (χ0n) is 37.1. The highest BCUT2D eigenvalue weighted by Crippen LogP contribution is 2.61. The highest BCUT2D eigenvalue weighted by molar-refractivity contribution is 8.13. The van der Waals surface area contributed by atoms with E-state index in [9.17, 15) is 57.9 Å². The Morgan fingerprint density at radius 1 is 0.939 bits per heavy atom. The number of nitrogen functional groups attached to an aromatic ring is 1. The van der Waals surface area contributed by atoms with Gasteiger partial charge in [-0.2, -0.15) is 4.31 Å². The van der Waals surface area contributed by atoms with Gasteiger partial charge in [-0.15, -0.1) is 0 Å². The lowest BCUT2D eigenvalue weighted by Gasteiger charge is -2.30. The fourth-order valence-electron chi connectivity index (χ4n) is 6.65. The molecule has 7 unspecified atom stereocenters. The Balaban J connectivity index is 1.14. The Morgan fingerprint density at radius 3 is 2.24 bits per heavy atom. The molecule has 0 saturated carbocycles. The number of nitrogens with two attached hydrogens (primary N) is 1. The molecule has 0 aromatic carbocycles. The van der Waals surface area contributed by atoms with Crippen molar-refractivity contribution in [3.63, 3.8) is 0 Å². The van der Waals surface area contributed by atoms with Crippen LogP contribution in [0, 0.1) is 19.3 Å². The van der Waals surface area contributed by atoms with E-state index in [-0.39, 0.29) is 41.6 Å². The molecule has 372 valence electrons. The molecule has 0 aliphatic carbocycles. The van der Waals surface area contributed by atoms with Gasteiger partial charge in [0.2, 0.25) is 11.8 Å². The van der Waals surface area contributed by atoms with E-state index in [1.54, 1.807) is 0 Å². The van der Waals surface area contributed by atoms with Crippen molar-refractivity contribution in [1.29, 1.82) is 0 Å². The largest absolute Gasteiger partial charge is 0.481 e. The molecule has 4 rings (SSSR count). The predicted octanol–water partition coefficient (Wildman–Crippen LogP) is 3.02. The molecule has 0 bridgehead atoms. The molecule has 1 fully saturated rings. The van der Waals surface area contributed by atoms with Crippen molar-refractivity contribution in [1.82, 2.24) is 30.2 Å². The second-order valence-corrected chi connectivity index (χ2v) is 21.5. The van der Waals surface area contributed by atoms with Gasteiger partial charge >= 0.3 is 23.5 Å². The number of rotatable bonds is 28. The molecule has 4 heterocycles. The summed E-state index contributed by atoms with van der Waals surface area (Å²) < 4.78 is 68.5. The summed E-state index contributed by atoms with van der Waals surface area (Å²) >= 11 is 1.11. The summed E-state index contributed by atoms with van der Waals surface area (Å²) in [4.78, 5) is 88.5. The molecule has 7 atom stereocenters. The van der Waals surface area contributed by atoms with E-state index < -0.39 is 84.6 Å². The summed E-state index contributed by atoms with van der Waals surface area (Å²) in [6.07, 6.45) is 0.0792. The molecule has 29 heteroatoms. The van der Waals surface area contributed by atoms with Crippen molar-refractivity contribution < 1.29 is 84.9 Å². The van der Waals surface area contributed by atoms with E-state index in [0.29, 0.717) is 18.6 Å². The number of carbonyl (C=O) groups is 3. The lowest BCUT2D eigenvalue weighted by molar-refractivity contribution is -0.137. The van der Waals surface area contributed by atoms with E-state index in [4.69, 9.17) is 23.9 Å². The van der Waals surface area contributed by atoms with Crippen molar-refractivity contribution in [3.8, 4) is 0 Å². The summed E-state index contributed by atoms with van der Waals surface area (Å²) in [6, 6.07) is 0. The fraction of sp³-hybridized carbons (Fsp3) is 0.676. The Bertz CT molecular complexity index is 2270. The lowest BCUT2D eigenvalue weighted by Crippen LogP contribution is -2.46. The van der Waals surface area contributed by atoms with Crippen molar-refractivity contribution in [2.24, 2.45) is 5.41 Å². The number of anilines is 1. The quantitative estimate of drug-likeness (QED) is 0.0373. The molecular weight excluding hydrogens is 955 g/mol. The number of imidazole rings is 1. The standard InChI is InChI=1S/C37H60N7O18P3S/c1-6-7-8-11-24-22(2)23(3)25(59-24)12-9-10-13-28(46)66-17-16-39-27(45)14-15-40-35(49)32(48)37(4,5)19-58-65(55,56)62-64(53,54)57-18-26-31(61-63(50,51)52)30(47)36(60-26)44-21-43-29-33(38)41-20-42-34(29)44/h20-21,26,30-32,36,47-48H,6-19H2,1-5H3,(H,39,45)(H,40,49)(H,53,54)(H,55,56)(H2,38,41,42)(H2,50,51,52). The number of ether oxygens (including phenoxy) is 1. The first-order chi connectivity index (χ1) is 30.8. The summed E-state index contributed by atoms with van der Waals surface area (Å²) in [5.41, 5.74) is 6.65. The number of phosphoric acid groups is 3. The third kappa shape index (κ3) is 16.5. The molecule has 1 aliphatic heterocycles. The number of hydrogen-bond acceptors (Lipinski definition) is 19. The molecule has 0 radical (unpaired) electrons. The summed E-state index contributed by atoms with van der Waals surface area (Å²) in [5.74, 6) is 0.927. The first-order valence-electron chi connectivity index (χ1n) is 21.0. The number of carbonyl (C=O) groups excluding carboxylic acids is 3. The van der Waals surface area contributed by atoms with Gasteiger partial charge in [0.15, 0.2) is 22.8 Å². The zero-order valence-corrected chi connectivity index (χ0v) is 40.6. The topological polar surface area (TPSA) is 377 Å². The Hall–Kier alpha value is -3.16. The van der Waals surface area contributed by atoms with Crippen LogP contribution >= 0.6 is 35.2 Å². The number of aryl methyl sites for hydroxylation is 2. The number of nitrogens with zero attached hydrogens (tertiary/aromatic N) is 4. The van der Waals surface area contributed by atoms with Gasteiger partial charge in [-0.1, -0.05) is 45.4 Å². The van der Waals surface area contributed by atoms with Crippen LogP contribution in [0.3, 0.4) is 0 Å². The van der Waals surface area contributed by atoms with Gasteiger partial charge in [0.25, 0.3) is 0 Å². The van der Waals surface area contributed by atoms with Crippen molar-refractivity contribution in [2.45, 2.75) is 123 Å². The van der Waals surface area contributed by atoms with Gasteiger partial charge in [-0.05, 0) is 44.2 Å². The minimum absolute atomic E-state index is 0.00813. The van der Waals surface area contributed by atoms with E-state index in [1.807, 2.05) is 0 Å². The monoisotopic (exact) mass is 1020 g/mol. The van der Waals surface area contributed by atoms with Crippen molar-refractivity contribution in [3.05, 3.63) is 35.3 Å². The molecule has 25 nitrogen and oxygen atoms in total. The highest BCUT2D eigenvalue weighted by atomic mass is 32.2. The smallest absolute Gasteiger partial charge is 0.466 e. The lowest BCUT2D eigenvalue weighted by atomic mass is 9.87. The van der Waals surface area contributed by atoms with Crippen LogP contribution in [-0.4, -0.2) is 123 Å². The third-order valence-electron chi connectivity index (χ3n) is 10.5. The molecule has 2 amide bonds. The number of thioether (sulfide) groups is 1. The van der Waals surface area contributed by atoms with E-state index >= 15 is 0 Å². The molecule has 0 spiro atoms. The van der Waals surface area contributed by atoms with Gasteiger partial charge in [0.1, 0.15) is 47.8 Å². The van der Waals surface area contributed by atoms with Crippen molar-refractivity contribution in [2.75, 3.05) is 37.8 Å². The number of nitrogens with one attached hydrogen (secondary N) is 2. The fourth-order valence-corrected chi connectivity index (χ4v) is 10.2.